The lowest BCUT2D eigenvalue weighted by Crippen LogP contribution is -2.39. The zero-order valence-corrected chi connectivity index (χ0v) is 10.2. The molecule has 0 spiro atoms. The van der Waals surface area contributed by atoms with E-state index in [1.807, 2.05) is 20.8 Å². The minimum atomic E-state index is -0.729. The van der Waals surface area contributed by atoms with Gasteiger partial charge < -0.3 is 10.4 Å². The zero-order chi connectivity index (χ0) is 12.3. The second-order valence-corrected chi connectivity index (χ2v) is 5.60. The summed E-state index contributed by atoms with van der Waals surface area (Å²) < 4.78 is 0. The van der Waals surface area contributed by atoms with Crippen LogP contribution in [0.15, 0.2) is 0 Å². The van der Waals surface area contributed by atoms with Gasteiger partial charge in [-0.15, -0.1) is 0 Å². The molecule has 0 radical (unpaired) electrons. The van der Waals surface area contributed by atoms with E-state index in [9.17, 15) is 9.59 Å². The van der Waals surface area contributed by atoms with E-state index < -0.39 is 11.4 Å². The second-order valence-electron chi connectivity index (χ2n) is 5.60. The number of rotatable bonds is 3. The lowest BCUT2D eigenvalue weighted by molar-refractivity contribution is -0.143. The molecule has 4 heteroatoms. The fourth-order valence-electron chi connectivity index (χ4n) is 2.10. The average molecular weight is 227 g/mol. The van der Waals surface area contributed by atoms with Crippen molar-refractivity contribution in [3.63, 3.8) is 0 Å². The number of amides is 1. The van der Waals surface area contributed by atoms with Crippen LogP contribution in [0.1, 0.15) is 40.0 Å². The van der Waals surface area contributed by atoms with Gasteiger partial charge in [-0.05, 0) is 18.8 Å². The number of carbonyl (C=O) groups is 2. The van der Waals surface area contributed by atoms with Crippen molar-refractivity contribution in [3.8, 4) is 0 Å². The summed E-state index contributed by atoms with van der Waals surface area (Å²) in [5.74, 6) is -0.917. The van der Waals surface area contributed by atoms with Crippen molar-refractivity contribution in [2.75, 3.05) is 6.54 Å². The molecule has 1 aliphatic carbocycles. The number of hydrogen-bond acceptors (Lipinski definition) is 2. The highest BCUT2D eigenvalue weighted by Gasteiger charge is 2.33. The van der Waals surface area contributed by atoms with Crippen molar-refractivity contribution in [1.82, 2.24) is 5.32 Å². The maximum atomic E-state index is 11.6. The summed E-state index contributed by atoms with van der Waals surface area (Å²) in [5.41, 5.74) is -0.405. The lowest BCUT2D eigenvalue weighted by atomic mass is 9.93. The predicted octanol–water partition coefficient (Wildman–Crippen LogP) is 1.65. The van der Waals surface area contributed by atoms with Crippen LogP contribution in [0, 0.1) is 17.3 Å². The molecule has 92 valence electrons. The molecule has 1 amide bonds. The molecule has 1 aliphatic rings. The van der Waals surface area contributed by atoms with Gasteiger partial charge in [0.05, 0.1) is 5.92 Å². The third-order valence-electron chi connectivity index (χ3n) is 3.18. The number of hydrogen-bond donors (Lipinski definition) is 2. The van der Waals surface area contributed by atoms with Crippen LogP contribution in [0.3, 0.4) is 0 Å². The Morgan fingerprint density at radius 2 is 1.94 bits per heavy atom. The highest BCUT2D eigenvalue weighted by Crippen LogP contribution is 2.31. The minimum absolute atomic E-state index is 0.0106. The standard InChI is InChI=1S/C12H21NO3/c1-12(2,3)11(16)13-7-8-5-4-6-9(8)10(14)15/h8-9H,4-7H2,1-3H3,(H,13,16)(H,14,15). The Bertz CT molecular complexity index is 280. The molecule has 2 N–H and O–H groups in total. The highest BCUT2D eigenvalue weighted by molar-refractivity contribution is 5.81. The molecular formula is C12H21NO3. The van der Waals surface area contributed by atoms with E-state index in [0.29, 0.717) is 6.54 Å². The van der Waals surface area contributed by atoms with Gasteiger partial charge in [-0.2, -0.15) is 0 Å². The number of carboxylic acids is 1. The molecule has 0 aromatic rings. The van der Waals surface area contributed by atoms with Gasteiger partial charge in [-0.3, -0.25) is 9.59 Å². The molecule has 0 bridgehead atoms. The normalized spacial score (nSPS) is 25.4. The Kier molecular flexibility index (Phi) is 3.94. The summed E-state index contributed by atoms with van der Waals surface area (Å²) in [6, 6.07) is 0. The third kappa shape index (κ3) is 3.22. The Labute approximate surface area is 96.4 Å². The fraction of sp³-hybridized carbons (Fsp3) is 0.833. The summed E-state index contributed by atoms with van der Waals surface area (Å²) in [4.78, 5) is 22.6. The fourth-order valence-corrected chi connectivity index (χ4v) is 2.10. The van der Waals surface area contributed by atoms with Crippen LogP contribution in [0.4, 0.5) is 0 Å². The molecule has 2 atom stereocenters. The van der Waals surface area contributed by atoms with E-state index >= 15 is 0 Å². The van der Waals surface area contributed by atoms with Gasteiger partial charge in [0.2, 0.25) is 5.91 Å². The summed E-state index contributed by atoms with van der Waals surface area (Å²) in [7, 11) is 0. The molecule has 2 unspecified atom stereocenters. The highest BCUT2D eigenvalue weighted by atomic mass is 16.4. The molecule has 0 saturated heterocycles. The first-order valence-corrected chi connectivity index (χ1v) is 5.83. The van der Waals surface area contributed by atoms with E-state index in [0.717, 1.165) is 19.3 Å². The van der Waals surface area contributed by atoms with Crippen molar-refractivity contribution in [3.05, 3.63) is 0 Å². The van der Waals surface area contributed by atoms with Crippen molar-refractivity contribution in [1.29, 1.82) is 0 Å². The van der Waals surface area contributed by atoms with Gasteiger partial charge in [0.25, 0.3) is 0 Å². The summed E-state index contributed by atoms with van der Waals surface area (Å²) in [6.07, 6.45) is 2.60. The van der Waals surface area contributed by atoms with Gasteiger partial charge in [-0.1, -0.05) is 27.2 Å². The maximum absolute atomic E-state index is 11.6. The minimum Gasteiger partial charge on any atom is -0.481 e. The van der Waals surface area contributed by atoms with Gasteiger partial charge in [-0.25, -0.2) is 0 Å². The van der Waals surface area contributed by atoms with Crippen LogP contribution in [0.5, 0.6) is 0 Å². The first kappa shape index (κ1) is 13.0. The van der Waals surface area contributed by atoms with Gasteiger partial charge >= 0.3 is 5.97 Å². The molecule has 0 aromatic heterocycles. The Hall–Kier alpha value is -1.06. The maximum Gasteiger partial charge on any atom is 0.306 e. The summed E-state index contributed by atoms with van der Waals surface area (Å²) >= 11 is 0. The molecule has 1 saturated carbocycles. The number of aliphatic carboxylic acids is 1. The summed E-state index contributed by atoms with van der Waals surface area (Å²) in [6.45, 7) is 6.05. The number of carbonyl (C=O) groups excluding carboxylic acids is 1. The van der Waals surface area contributed by atoms with Crippen LogP contribution < -0.4 is 5.32 Å². The average Bonchev–Trinajstić information content (AvgIpc) is 2.60. The zero-order valence-electron chi connectivity index (χ0n) is 10.2. The smallest absolute Gasteiger partial charge is 0.306 e. The molecule has 0 aliphatic heterocycles. The Morgan fingerprint density at radius 1 is 1.31 bits per heavy atom. The molecule has 1 fully saturated rings. The molecule has 0 heterocycles. The quantitative estimate of drug-likeness (QED) is 0.770. The van der Waals surface area contributed by atoms with E-state index in [-0.39, 0.29) is 17.7 Å². The molecule has 16 heavy (non-hydrogen) atoms. The van der Waals surface area contributed by atoms with Crippen molar-refractivity contribution in [2.45, 2.75) is 40.0 Å². The van der Waals surface area contributed by atoms with E-state index in [1.54, 1.807) is 0 Å². The lowest BCUT2D eigenvalue weighted by Gasteiger charge is -2.21. The molecule has 0 aromatic carbocycles. The van der Waals surface area contributed by atoms with Crippen molar-refractivity contribution in [2.24, 2.45) is 17.3 Å². The first-order valence-electron chi connectivity index (χ1n) is 5.83. The summed E-state index contributed by atoms with van der Waals surface area (Å²) in [5, 5.41) is 11.8. The van der Waals surface area contributed by atoms with Gasteiger partial charge in [0.1, 0.15) is 0 Å². The van der Waals surface area contributed by atoms with E-state index in [1.165, 1.54) is 0 Å². The number of carboxylic acid groups (broad SMARTS) is 1. The predicted molar refractivity (Wildman–Crippen MR) is 60.9 cm³/mol. The molecular weight excluding hydrogens is 206 g/mol. The van der Waals surface area contributed by atoms with Crippen LogP contribution in [-0.2, 0) is 9.59 Å². The second kappa shape index (κ2) is 4.85. The molecule has 4 nitrogen and oxygen atoms in total. The van der Waals surface area contributed by atoms with Crippen LogP contribution in [0.2, 0.25) is 0 Å². The van der Waals surface area contributed by atoms with Gasteiger partial charge in [0, 0.05) is 12.0 Å². The first-order chi connectivity index (χ1) is 7.32. The Balaban J connectivity index is 2.43. The SMILES string of the molecule is CC(C)(C)C(=O)NCC1CCCC1C(=O)O. The monoisotopic (exact) mass is 227 g/mol. The topological polar surface area (TPSA) is 66.4 Å². The van der Waals surface area contributed by atoms with Crippen molar-refractivity contribution < 1.29 is 14.7 Å². The van der Waals surface area contributed by atoms with Gasteiger partial charge in [0.15, 0.2) is 0 Å². The van der Waals surface area contributed by atoms with Crippen molar-refractivity contribution >= 4 is 11.9 Å². The van der Waals surface area contributed by atoms with Crippen LogP contribution >= 0.6 is 0 Å². The van der Waals surface area contributed by atoms with Crippen LogP contribution in [0.25, 0.3) is 0 Å². The number of nitrogens with one attached hydrogen (secondary N) is 1. The third-order valence-corrected chi connectivity index (χ3v) is 3.18. The molecule has 1 rings (SSSR count). The Morgan fingerprint density at radius 3 is 2.44 bits per heavy atom. The van der Waals surface area contributed by atoms with E-state index in [4.69, 9.17) is 5.11 Å². The van der Waals surface area contributed by atoms with Crippen LogP contribution in [-0.4, -0.2) is 23.5 Å². The van der Waals surface area contributed by atoms with E-state index in [2.05, 4.69) is 5.32 Å². The largest absolute Gasteiger partial charge is 0.481 e.